The molecular formula is C12H18ClN3O2S. The summed E-state index contributed by atoms with van der Waals surface area (Å²) in [5.41, 5.74) is 7.12. The second-order valence-corrected chi connectivity index (χ2v) is 7.14. The highest BCUT2D eigenvalue weighted by molar-refractivity contribution is 7.92. The molecule has 1 fully saturated rings. The number of halogens is 1. The SMILES string of the molecule is CS(=O)(=O)Nc1ccc(NC2CCC(N)C2)cc1Cl. The summed E-state index contributed by atoms with van der Waals surface area (Å²) in [4.78, 5) is 0. The van der Waals surface area contributed by atoms with E-state index in [4.69, 9.17) is 17.3 Å². The summed E-state index contributed by atoms with van der Waals surface area (Å²) in [6.07, 6.45) is 4.11. The lowest BCUT2D eigenvalue weighted by Crippen LogP contribution is -2.20. The van der Waals surface area contributed by atoms with E-state index in [0.29, 0.717) is 16.8 Å². The summed E-state index contributed by atoms with van der Waals surface area (Å²) in [5.74, 6) is 0. The van der Waals surface area contributed by atoms with Crippen LogP contribution in [0.2, 0.25) is 5.02 Å². The Bertz CT molecular complexity index is 562. The van der Waals surface area contributed by atoms with Crippen LogP contribution in [0.25, 0.3) is 0 Å². The summed E-state index contributed by atoms with van der Waals surface area (Å²) in [5, 5.41) is 3.73. The zero-order chi connectivity index (χ0) is 14.0. The van der Waals surface area contributed by atoms with Crippen molar-refractivity contribution in [3.8, 4) is 0 Å². The molecule has 0 aliphatic heterocycles. The highest BCUT2D eigenvalue weighted by Crippen LogP contribution is 2.28. The zero-order valence-corrected chi connectivity index (χ0v) is 12.3. The van der Waals surface area contributed by atoms with Gasteiger partial charge in [-0.15, -0.1) is 0 Å². The fraction of sp³-hybridized carbons (Fsp3) is 0.500. The smallest absolute Gasteiger partial charge is 0.229 e. The Balaban J connectivity index is 2.06. The van der Waals surface area contributed by atoms with E-state index in [1.165, 1.54) is 0 Å². The molecule has 0 spiro atoms. The third-order valence-electron chi connectivity index (χ3n) is 3.11. The van der Waals surface area contributed by atoms with Gasteiger partial charge in [0.15, 0.2) is 0 Å². The second kappa shape index (κ2) is 5.56. The van der Waals surface area contributed by atoms with Gasteiger partial charge in [-0.2, -0.15) is 0 Å². The number of rotatable bonds is 4. The molecule has 2 unspecified atom stereocenters. The van der Waals surface area contributed by atoms with Gasteiger partial charge in [0.1, 0.15) is 0 Å². The van der Waals surface area contributed by atoms with Gasteiger partial charge in [0.25, 0.3) is 0 Å². The van der Waals surface area contributed by atoms with Crippen molar-refractivity contribution >= 4 is 33.0 Å². The number of nitrogens with two attached hydrogens (primary N) is 1. The average molecular weight is 304 g/mol. The van der Waals surface area contributed by atoms with E-state index in [9.17, 15) is 8.42 Å². The number of anilines is 2. The summed E-state index contributed by atoms with van der Waals surface area (Å²) >= 11 is 6.06. The lowest BCUT2D eigenvalue weighted by molar-refractivity contribution is 0.607. The van der Waals surface area contributed by atoms with E-state index in [0.717, 1.165) is 31.2 Å². The molecule has 7 heteroatoms. The number of hydrogen-bond acceptors (Lipinski definition) is 4. The van der Waals surface area contributed by atoms with Crippen LogP contribution in [0.1, 0.15) is 19.3 Å². The first-order chi connectivity index (χ1) is 8.83. The molecule has 2 rings (SSSR count). The first-order valence-electron chi connectivity index (χ1n) is 6.13. The van der Waals surface area contributed by atoms with Gasteiger partial charge in [0.05, 0.1) is 17.0 Å². The molecule has 0 bridgehead atoms. The molecule has 0 heterocycles. The van der Waals surface area contributed by atoms with E-state index in [-0.39, 0.29) is 6.04 Å². The van der Waals surface area contributed by atoms with Crippen LogP contribution >= 0.6 is 11.6 Å². The molecule has 106 valence electrons. The van der Waals surface area contributed by atoms with Crippen molar-refractivity contribution in [3.63, 3.8) is 0 Å². The molecule has 1 aliphatic carbocycles. The third kappa shape index (κ3) is 4.26. The molecule has 0 saturated heterocycles. The van der Waals surface area contributed by atoms with Gasteiger partial charge >= 0.3 is 0 Å². The Labute approximate surface area is 118 Å². The van der Waals surface area contributed by atoms with E-state index in [2.05, 4.69) is 10.0 Å². The van der Waals surface area contributed by atoms with Crippen LogP contribution in [-0.4, -0.2) is 26.8 Å². The molecule has 5 nitrogen and oxygen atoms in total. The van der Waals surface area contributed by atoms with Gasteiger partial charge in [-0.1, -0.05) is 11.6 Å². The molecule has 0 aromatic heterocycles. The van der Waals surface area contributed by atoms with Crippen LogP contribution in [0.15, 0.2) is 18.2 Å². The Kier molecular flexibility index (Phi) is 4.23. The van der Waals surface area contributed by atoms with Crippen molar-refractivity contribution in [3.05, 3.63) is 23.2 Å². The Hall–Kier alpha value is -0.980. The van der Waals surface area contributed by atoms with E-state index in [1.807, 2.05) is 6.07 Å². The van der Waals surface area contributed by atoms with Crippen molar-refractivity contribution in [1.82, 2.24) is 0 Å². The van der Waals surface area contributed by atoms with Crippen molar-refractivity contribution in [2.24, 2.45) is 5.73 Å². The van der Waals surface area contributed by atoms with Crippen LogP contribution < -0.4 is 15.8 Å². The summed E-state index contributed by atoms with van der Waals surface area (Å²) < 4.78 is 24.7. The molecular weight excluding hydrogens is 286 g/mol. The van der Waals surface area contributed by atoms with Crippen molar-refractivity contribution in [1.29, 1.82) is 0 Å². The maximum atomic E-state index is 11.2. The van der Waals surface area contributed by atoms with Crippen LogP contribution in [-0.2, 0) is 10.0 Å². The van der Waals surface area contributed by atoms with E-state index >= 15 is 0 Å². The number of sulfonamides is 1. The molecule has 0 amide bonds. The van der Waals surface area contributed by atoms with Crippen molar-refractivity contribution < 1.29 is 8.42 Å². The van der Waals surface area contributed by atoms with E-state index < -0.39 is 10.0 Å². The second-order valence-electron chi connectivity index (χ2n) is 4.98. The molecule has 1 aromatic rings. The van der Waals surface area contributed by atoms with Crippen LogP contribution in [0, 0.1) is 0 Å². The molecule has 1 aromatic carbocycles. The molecule has 1 aliphatic rings. The van der Waals surface area contributed by atoms with Crippen LogP contribution in [0.4, 0.5) is 11.4 Å². The van der Waals surface area contributed by atoms with Crippen LogP contribution in [0.5, 0.6) is 0 Å². The number of hydrogen-bond donors (Lipinski definition) is 3. The summed E-state index contributed by atoms with van der Waals surface area (Å²) in [6, 6.07) is 5.81. The predicted octanol–water partition coefficient (Wildman–Crippen LogP) is 2.00. The number of benzene rings is 1. The zero-order valence-electron chi connectivity index (χ0n) is 10.7. The first kappa shape index (κ1) is 14.4. The molecule has 19 heavy (non-hydrogen) atoms. The van der Waals surface area contributed by atoms with Gasteiger partial charge < -0.3 is 11.1 Å². The lowest BCUT2D eigenvalue weighted by Gasteiger charge is -2.15. The molecule has 0 radical (unpaired) electrons. The Morgan fingerprint density at radius 1 is 1.37 bits per heavy atom. The molecule has 4 N–H and O–H groups in total. The average Bonchev–Trinajstić information content (AvgIpc) is 2.66. The van der Waals surface area contributed by atoms with Crippen molar-refractivity contribution in [2.45, 2.75) is 31.3 Å². The highest BCUT2D eigenvalue weighted by Gasteiger charge is 2.21. The summed E-state index contributed by atoms with van der Waals surface area (Å²) in [6.45, 7) is 0. The normalized spacial score (nSPS) is 23.3. The number of nitrogens with one attached hydrogen (secondary N) is 2. The minimum Gasteiger partial charge on any atom is -0.382 e. The summed E-state index contributed by atoms with van der Waals surface area (Å²) in [7, 11) is -3.31. The Morgan fingerprint density at radius 2 is 2.11 bits per heavy atom. The van der Waals surface area contributed by atoms with Gasteiger partial charge in [-0.05, 0) is 37.5 Å². The maximum absolute atomic E-state index is 11.2. The largest absolute Gasteiger partial charge is 0.382 e. The van der Waals surface area contributed by atoms with Gasteiger partial charge in [-0.25, -0.2) is 8.42 Å². The van der Waals surface area contributed by atoms with Crippen molar-refractivity contribution in [2.75, 3.05) is 16.3 Å². The van der Waals surface area contributed by atoms with E-state index in [1.54, 1.807) is 12.1 Å². The van der Waals surface area contributed by atoms with Crippen LogP contribution in [0.3, 0.4) is 0 Å². The fourth-order valence-electron chi connectivity index (χ4n) is 2.27. The Morgan fingerprint density at radius 3 is 2.63 bits per heavy atom. The molecule has 2 atom stereocenters. The predicted molar refractivity (Wildman–Crippen MR) is 79.2 cm³/mol. The minimum absolute atomic E-state index is 0.263. The van der Waals surface area contributed by atoms with Gasteiger partial charge in [-0.3, -0.25) is 4.72 Å². The highest BCUT2D eigenvalue weighted by atomic mass is 35.5. The maximum Gasteiger partial charge on any atom is 0.229 e. The topological polar surface area (TPSA) is 84.2 Å². The minimum atomic E-state index is -3.31. The quantitative estimate of drug-likeness (QED) is 0.794. The van der Waals surface area contributed by atoms with Gasteiger partial charge in [0, 0.05) is 17.8 Å². The first-order valence-corrected chi connectivity index (χ1v) is 8.40. The monoisotopic (exact) mass is 303 g/mol. The third-order valence-corrected chi connectivity index (χ3v) is 4.01. The lowest BCUT2D eigenvalue weighted by atomic mass is 10.2. The standard InChI is InChI=1S/C12H18ClN3O2S/c1-19(17,18)16-12-5-4-10(7-11(12)13)15-9-3-2-8(14)6-9/h4-5,7-9,15-16H,2-3,6,14H2,1H3. The fourth-order valence-corrected chi connectivity index (χ4v) is 3.13. The molecule has 1 saturated carbocycles. The van der Waals surface area contributed by atoms with Gasteiger partial charge in [0.2, 0.25) is 10.0 Å².